The molecule has 5 heavy (non-hydrogen) atoms. The van der Waals surface area contributed by atoms with Crippen LogP contribution in [0.15, 0.2) is 0 Å². The summed E-state index contributed by atoms with van der Waals surface area (Å²) in [6.45, 7) is 1.31. The first-order valence-electron chi connectivity index (χ1n) is 0.993. The Kier molecular flexibility index (Phi) is 7.25. The fourth-order valence-corrected chi connectivity index (χ4v) is 0. The van der Waals surface area contributed by atoms with E-state index in [-0.39, 0.29) is 26.2 Å². The van der Waals surface area contributed by atoms with Gasteiger partial charge in [-0.2, -0.15) is 0 Å². The Hall–Kier alpha value is 0.0674. The molecular weight excluding hydrogens is 61.0 g/mol. The summed E-state index contributed by atoms with van der Waals surface area (Å²) in [5.74, 6) is -0.333. The molecule has 0 saturated carbocycles. The molecule has 2 nitrogen and oxygen atoms in total. The van der Waals surface area contributed by atoms with Crippen LogP contribution in [-0.2, 0) is 4.79 Å². The van der Waals surface area contributed by atoms with Crippen LogP contribution >= 0.6 is 0 Å². The summed E-state index contributed by atoms with van der Waals surface area (Å²) in [5, 5.41) is 0. The van der Waals surface area contributed by atoms with Crippen molar-refractivity contribution in [1.82, 2.24) is 0 Å². The summed E-state index contributed by atoms with van der Waals surface area (Å²) in [4.78, 5) is 9.22. The summed E-state index contributed by atoms with van der Waals surface area (Å²) >= 11 is 0. The summed E-state index contributed by atoms with van der Waals surface area (Å²) in [7, 11) is 0. The van der Waals surface area contributed by atoms with Gasteiger partial charge in [-0.05, 0) is 0 Å². The summed E-state index contributed by atoms with van der Waals surface area (Å²) in [6, 6.07) is 0. The van der Waals surface area contributed by atoms with E-state index in [4.69, 9.17) is 0 Å². The van der Waals surface area contributed by atoms with Crippen molar-refractivity contribution in [2.45, 2.75) is 6.92 Å². The van der Waals surface area contributed by atoms with E-state index in [2.05, 4.69) is 5.73 Å². The average Bonchev–Trinajstić information content (AvgIpc) is 0.811. The van der Waals surface area contributed by atoms with Gasteiger partial charge in [0.05, 0.1) is 0 Å². The maximum Gasteiger partial charge on any atom is 1.00 e. The van der Waals surface area contributed by atoms with Gasteiger partial charge in [0.15, 0.2) is 0 Å². The molecule has 0 fully saturated rings. The molecule has 0 aromatic heterocycles. The molecule has 1 amide bonds. The fraction of sp³-hybridized carbons (Fsp3) is 0.500. The van der Waals surface area contributed by atoms with Crippen LogP contribution in [0.4, 0.5) is 0 Å². The number of amides is 1. The Bertz CT molecular complexity index is 36.5. The average molecular weight is 67.0 g/mol. The second-order valence-electron chi connectivity index (χ2n) is 0.611. The van der Waals surface area contributed by atoms with Crippen LogP contribution in [0.3, 0.4) is 0 Å². The summed E-state index contributed by atoms with van der Waals surface area (Å²) in [5.41, 5.74) is 4.47. The molecule has 0 unspecified atom stereocenters. The van der Waals surface area contributed by atoms with E-state index in [1.807, 2.05) is 0 Å². The predicted molar refractivity (Wildman–Crippen MR) is 16.0 cm³/mol. The monoisotopic (exact) mass is 67.1 g/mol. The SMILES string of the molecule is CC(N)=O.[H-].[Li+]. The third-order valence-electron chi connectivity index (χ3n) is 0. The molecule has 0 aliphatic carbocycles. The van der Waals surface area contributed by atoms with E-state index >= 15 is 0 Å². The van der Waals surface area contributed by atoms with Crippen LogP contribution < -0.4 is 24.6 Å². The molecular formula is C2H6LiNO. The summed E-state index contributed by atoms with van der Waals surface area (Å²) in [6.07, 6.45) is 0. The first kappa shape index (κ1) is 8.91. The molecule has 0 heterocycles. The van der Waals surface area contributed by atoms with Crippen LogP contribution in [0, 0.1) is 0 Å². The standard InChI is InChI=1S/C2H5NO.Li.H/c1-2(3)4;;/h1H3,(H2,3,4);;/q;+1;-1. The second-order valence-corrected chi connectivity index (χ2v) is 0.611. The van der Waals surface area contributed by atoms with Crippen molar-refractivity contribution in [1.29, 1.82) is 0 Å². The van der Waals surface area contributed by atoms with Crippen LogP contribution in [0.1, 0.15) is 8.35 Å². The molecule has 0 bridgehead atoms. The maximum absolute atomic E-state index is 9.22. The number of rotatable bonds is 0. The van der Waals surface area contributed by atoms with Gasteiger partial charge in [-0.3, -0.25) is 4.79 Å². The van der Waals surface area contributed by atoms with Gasteiger partial charge in [0.1, 0.15) is 0 Å². The molecule has 2 N–H and O–H groups in total. The van der Waals surface area contributed by atoms with E-state index in [0.717, 1.165) is 0 Å². The molecule has 0 aromatic carbocycles. The molecule has 0 spiro atoms. The Balaban J connectivity index is -0.0000000450. The Morgan fingerprint density at radius 3 is 2.00 bits per heavy atom. The number of hydrogen-bond acceptors (Lipinski definition) is 1. The molecule has 0 rings (SSSR count). The number of carbonyl (C=O) groups is 1. The van der Waals surface area contributed by atoms with Gasteiger partial charge in [-0.25, -0.2) is 0 Å². The third-order valence-corrected chi connectivity index (χ3v) is 0. The third kappa shape index (κ3) is 3830. The van der Waals surface area contributed by atoms with Gasteiger partial charge in [0.2, 0.25) is 5.91 Å². The first-order valence-corrected chi connectivity index (χ1v) is 0.993. The maximum atomic E-state index is 9.22. The quantitative estimate of drug-likeness (QED) is 0.295. The number of carbonyl (C=O) groups excluding carboxylic acids is 1. The van der Waals surface area contributed by atoms with Crippen LogP contribution in [0.2, 0.25) is 0 Å². The zero-order valence-corrected chi connectivity index (χ0v) is 3.49. The van der Waals surface area contributed by atoms with Crippen molar-refractivity contribution in [3.8, 4) is 0 Å². The molecule has 0 radical (unpaired) electrons. The number of primary amides is 1. The Morgan fingerprint density at radius 2 is 2.00 bits per heavy atom. The van der Waals surface area contributed by atoms with Gasteiger partial charge in [0, 0.05) is 6.92 Å². The minimum Gasteiger partial charge on any atom is -1.00 e. The van der Waals surface area contributed by atoms with Crippen molar-refractivity contribution in [3.05, 3.63) is 0 Å². The minimum absolute atomic E-state index is 0. The molecule has 3 heteroatoms. The van der Waals surface area contributed by atoms with E-state index in [1.165, 1.54) is 6.92 Å². The van der Waals surface area contributed by atoms with Gasteiger partial charge < -0.3 is 7.16 Å². The molecule has 26 valence electrons. The first-order chi connectivity index (χ1) is 1.73. The topological polar surface area (TPSA) is 43.1 Å². The molecule has 0 aliphatic rings. The fourth-order valence-electron chi connectivity index (χ4n) is 0. The Morgan fingerprint density at radius 1 is 2.00 bits per heavy atom. The van der Waals surface area contributed by atoms with Crippen molar-refractivity contribution >= 4 is 5.91 Å². The van der Waals surface area contributed by atoms with Gasteiger partial charge in [-0.1, -0.05) is 0 Å². The predicted octanol–water partition coefficient (Wildman–Crippen LogP) is -3.39. The second kappa shape index (κ2) is 4.07. The molecule has 0 atom stereocenters. The van der Waals surface area contributed by atoms with Crippen LogP contribution in [0.5, 0.6) is 0 Å². The van der Waals surface area contributed by atoms with Crippen molar-refractivity contribution in [3.63, 3.8) is 0 Å². The van der Waals surface area contributed by atoms with E-state index < -0.39 is 0 Å². The molecule has 0 saturated heterocycles. The molecule has 0 aliphatic heterocycles. The van der Waals surface area contributed by atoms with Gasteiger partial charge >= 0.3 is 18.9 Å². The summed E-state index contributed by atoms with van der Waals surface area (Å²) < 4.78 is 0. The molecule has 0 aromatic rings. The normalized spacial score (nSPS) is 5.00. The van der Waals surface area contributed by atoms with E-state index in [1.54, 1.807) is 0 Å². The van der Waals surface area contributed by atoms with E-state index in [0.29, 0.717) is 0 Å². The van der Waals surface area contributed by atoms with Crippen molar-refractivity contribution in [2.75, 3.05) is 0 Å². The Labute approximate surface area is 44.4 Å². The van der Waals surface area contributed by atoms with E-state index in [9.17, 15) is 4.79 Å². The smallest absolute Gasteiger partial charge is 1.00 e. The zero-order chi connectivity index (χ0) is 3.58. The minimum atomic E-state index is -0.333. The van der Waals surface area contributed by atoms with Crippen molar-refractivity contribution in [2.24, 2.45) is 5.73 Å². The van der Waals surface area contributed by atoms with Gasteiger partial charge in [-0.15, -0.1) is 0 Å². The largest absolute Gasteiger partial charge is 1.00 e. The number of nitrogens with two attached hydrogens (primary N) is 1. The van der Waals surface area contributed by atoms with Gasteiger partial charge in [0.25, 0.3) is 0 Å². The van der Waals surface area contributed by atoms with Crippen molar-refractivity contribution < 1.29 is 25.1 Å². The van der Waals surface area contributed by atoms with Crippen LogP contribution in [-0.4, -0.2) is 5.91 Å². The zero-order valence-electron chi connectivity index (χ0n) is 4.49. The van der Waals surface area contributed by atoms with Crippen LogP contribution in [0.25, 0.3) is 0 Å². The number of hydrogen-bond donors (Lipinski definition) is 1.